The second kappa shape index (κ2) is 8.54. The third-order valence-corrected chi connectivity index (χ3v) is 3.50. The highest BCUT2D eigenvalue weighted by Crippen LogP contribution is 2.18. The third-order valence-electron chi connectivity index (χ3n) is 3.50. The van der Waals surface area contributed by atoms with Crippen molar-refractivity contribution in [3.63, 3.8) is 0 Å². The zero-order valence-corrected chi connectivity index (χ0v) is 13.6. The van der Waals surface area contributed by atoms with Gasteiger partial charge in [0.25, 0.3) is 0 Å². The first-order chi connectivity index (χ1) is 8.76. The Bertz CT molecular complexity index is 262. The molecule has 0 rings (SSSR count). The number of hydrogen-bond acceptors (Lipinski definition) is 3. The first kappa shape index (κ1) is 18.4. The Labute approximate surface area is 119 Å². The van der Waals surface area contributed by atoms with Gasteiger partial charge in [-0.25, -0.2) is 0 Å². The molecule has 0 aromatic heterocycles. The fourth-order valence-corrected chi connectivity index (χ4v) is 2.71. The molecule has 2 atom stereocenters. The molecule has 0 aromatic rings. The molecule has 0 aliphatic rings. The highest BCUT2D eigenvalue weighted by atomic mass is 16.1. The van der Waals surface area contributed by atoms with Crippen molar-refractivity contribution in [2.75, 3.05) is 13.1 Å². The molecular weight excluding hydrogens is 238 g/mol. The van der Waals surface area contributed by atoms with Crippen LogP contribution in [0.25, 0.3) is 0 Å². The molecule has 0 spiro atoms. The van der Waals surface area contributed by atoms with E-state index in [1.54, 1.807) is 0 Å². The van der Waals surface area contributed by atoms with E-state index >= 15 is 0 Å². The van der Waals surface area contributed by atoms with E-state index in [1.807, 2.05) is 20.8 Å². The average Bonchev–Trinajstić information content (AvgIpc) is 2.27. The minimum absolute atomic E-state index is 0.246. The maximum Gasteiger partial charge on any atom is 0.237 e. The molecular formula is C15H33N3O. The molecule has 3 N–H and O–H groups in total. The largest absolute Gasteiger partial charge is 0.368 e. The molecule has 0 aromatic carbocycles. The zero-order valence-electron chi connectivity index (χ0n) is 13.6. The summed E-state index contributed by atoms with van der Waals surface area (Å²) in [5, 5.41) is 3.32. The quantitative estimate of drug-likeness (QED) is 0.640. The molecule has 0 heterocycles. The predicted molar refractivity (Wildman–Crippen MR) is 82.1 cm³/mol. The molecule has 4 heteroatoms. The fourth-order valence-electron chi connectivity index (χ4n) is 2.71. The third kappa shape index (κ3) is 6.39. The normalized spacial score (nSPS) is 16.6. The van der Waals surface area contributed by atoms with E-state index < -0.39 is 5.54 Å². The lowest BCUT2D eigenvalue weighted by atomic mass is 9.91. The predicted octanol–water partition coefficient (Wildman–Crippen LogP) is 2.13. The van der Waals surface area contributed by atoms with E-state index in [4.69, 9.17) is 5.73 Å². The lowest BCUT2D eigenvalue weighted by Gasteiger charge is -2.37. The molecule has 19 heavy (non-hydrogen) atoms. The van der Waals surface area contributed by atoms with Crippen molar-refractivity contribution in [1.29, 1.82) is 0 Å². The summed E-state index contributed by atoms with van der Waals surface area (Å²) < 4.78 is 0. The van der Waals surface area contributed by atoms with Crippen LogP contribution in [0.15, 0.2) is 0 Å². The minimum atomic E-state index is -0.632. The van der Waals surface area contributed by atoms with Crippen LogP contribution in [-0.4, -0.2) is 41.5 Å². The molecule has 0 aliphatic heterocycles. The van der Waals surface area contributed by atoms with Crippen LogP contribution in [0.2, 0.25) is 0 Å². The Kier molecular flexibility index (Phi) is 8.26. The van der Waals surface area contributed by atoms with Crippen molar-refractivity contribution >= 4 is 5.91 Å². The van der Waals surface area contributed by atoms with E-state index in [1.165, 1.54) is 0 Å². The SMILES string of the molecule is CCCN(CCC)C(C)CC(C)(NC(C)C)C(N)=O. The van der Waals surface area contributed by atoms with Gasteiger partial charge >= 0.3 is 0 Å². The Hall–Kier alpha value is -0.610. The molecule has 0 saturated heterocycles. The molecule has 0 fully saturated rings. The summed E-state index contributed by atoms with van der Waals surface area (Å²) in [6, 6.07) is 0.596. The monoisotopic (exact) mass is 271 g/mol. The molecule has 0 saturated carbocycles. The summed E-state index contributed by atoms with van der Waals surface area (Å²) in [4.78, 5) is 14.2. The first-order valence-electron chi connectivity index (χ1n) is 7.58. The van der Waals surface area contributed by atoms with E-state index in [2.05, 4.69) is 31.0 Å². The number of nitrogens with two attached hydrogens (primary N) is 1. The highest BCUT2D eigenvalue weighted by molar-refractivity contribution is 5.84. The summed E-state index contributed by atoms with van der Waals surface area (Å²) in [6.07, 6.45) is 3.02. The van der Waals surface area contributed by atoms with Gasteiger partial charge in [-0.3, -0.25) is 4.79 Å². The number of primary amides is 1. The number of carbonyl (C=O) groups excluding carboxylic acids is 1. The standard InChI is InChI=1S/C15H33N3O/c1-7-9-18(10-8-2)13(5)11-15(6,14(16)19)17-12(3)4/h12-13,17H,7-11H2,1-6H3,(H2,16,19). The van der Waals surface area contributed by atoms with Crippen molar-refractivity contribution in [3.05, 3.63) is 0 Å². The number of amides is 1. The van der Waals surface area contributed by atoms with E-state index in [0.717, 1.165) is 32.4 Å². The van der Waals surface area contributed by atoms with Gasteiger partial charge in [0.2, 0.25) is 5.91 Å². The Morgan fingerprint density at radius 3 is 2.00 bits per heavy atom. The lowest BCUT2D eigenvalue weighted by molar-refractivity contribution is -0.124. The van der Waals surface area contributed by atoms with Crippen molar-refractivity contribution in [1.82, 2.24) is 10.2 Å². The molecule has 4 nitrogen and oxygen atoms in total. The average molecular weight is 271 g/mol. The van der Waals surface area contributed by atoms with Gasteiger partial charge in [-0.1, -0.05) is 13.8 Å². The van der Waals surface area contributed by atoms with E-state index in [9.17, 15) is 4.79 Å². The summed E-state index contributed by atoms with van der Waals surface area (Å²) in [5.74, 6) is -0.263. The summed E-state index contributed by atoms with van der Waals surface area (Å²) in [7, 11) is 0. The second-order valence-electron chi connectivity index (χ2n) is 6.08. The van der Waals surface area contributed by atoms with E-state index in [0.29, 0.717) is 6.04 Å². The van der Waals surface area contributed by atoms with Crippen LogP contribution in [0.5, 0.6) is 0 Å². The molecule has 2 unspecified atom stereocenters. The van der Waals surface area contributed by atoms with Crippen LogP contribution in [0, 0.1) is 0 Å². The number of nitrogens with one attached hydrogen (secondary N) is 1. The Morgan fingerprint density at radius 1 is 1.21 bits per heavy atom. The van der Waals surface area contributed by atoms with Gasteiger partial charge in [-0.05, 0) is 60.0 Å². The molecule has 0 radical (unpaired) electrons. The van der Waals surface area contributed by atoms with Gasteiger partial charge in [0.05, 0.1) is 5.54 Å². The summed E-state index contributed by atoms with van der Waals surface area (Å²) in [6.45, 7) is 14.7. The summed E-state index contributed by atoms with van der Waals surface area (Å²) >= 11 is 0. The smallest absolute Gasteiger partial charge is 0.237 e. The van der Waals surface area contributed by atoms with Gasteiger partial charge in [0.1, 0.15) is 0 Å². The van der Waals surface area contributed by atoms with Crippen LogP contribution in [0.4, 0.5) is 0 Å². The maximum absolute atomic E-state index is 11.8. The van der Waals surface area contributed by atoms with Crippen molar-refractivity contribution in [2.24, 2.45) is 5.73 Å². The van der Waals surface area contributed by atoms with Gasteiger partial charge in [-0.15, -0.1) is 0 Å². The first-order valence-corrected chi connectivity index (χ1v) is 7.58. The van der Waals surface area contributed by atoms with Crippen molar-refractivity contribution < 1.29 is 4.79 Å². The number of hydrogen-bond donors (Lipinski definition) is 2. The van der Waals surface area contributed by atoms with Gasteiger partial charge in [0.15, 0.2) is 0 Å². The molecule has 0 aliphatic carbocycles. The van der Waals surface area contributed by atoms with Crippen LogP contribution in [0.1, 0.15) is 60.8 Å². The highest BCUT2D eigenvalue weighted by Gasteiger charge is 2.34. The van der Waals surface area contributed by atoms with Crippen molar-refractivity contribution in [2.45, 2.75) is 78.4 Å². The van der Waals surface area contributed by atoms with Crippen LogP contribution in [0.3, 0.4) is 0 Å². The lowest BCUT2D eigenvalue weighted by Crippen LogP contribution is -2.58. The minimum Gasteiger partial charge on any atom is -0.368 e. The molecule has 1 amide bonds. The number of nitrogens with zero attached hydrogens (tertiary/aromatic N) is 1. The Morgan fingerprint density at radius 2 is 1.68 bits per heavy atom. The second-order valence-corrected chi connectivity index (χ2v) is 6.08. The zero-order chi connectivity index (χ0) is 15.1. The van der Waals surface area contributed by atoms with Crippen LogP contribution < -0.4 is 11.1 Å². The van der Waals surface area contributed by atoms with Crippen molar-refractivity contribution in [3.8, 4) is 0 Å². The Balaban J connectivity index is 4.76. The topological polar surface area (TPSA) is 58.4 Å². The van der Waals surface area contributed by atoms with Crippen LogP contribution in [-0.2, 0) is 4.79 Å². The fraction of sp³-hybridized carbons (Fsp3) is 0.933. The van der Waals surface area contributed by atoms with Gasteiger partial charge < -0.3 is 16.0 Å². The number of rotatable bonds is 10. The van der Waals surface area contributed by atoms with Crippen LogP contribution >= 0.6 is 0 Å². The number of carbonyl (C=O) groups is 1. The molecule has 0 bridgehead atoms. The maximum atomic E-state index is 11.8. The van der Waals surface area contributed by atoms with Gasteiger partial charge in [-0.2, -0.15) is 0 Å². The molecule has 114 valence electrons. The van der Waals surface area contributed by atoms with E-state index in [-0.39, 0.29) is 11.9 Å². The summed E-state index contributed by atoms with van der Waals surface area (Å²) in [5.41, 5.74) is 4.96. The van der Waals surface area contributed by atoms with Gasteiger partial charge in [0, 0.05) is 12.1 Å².